The third kappa shape index (κ3) is 11.6. The first-order valence-corrected chi connectivity index (χ1v) is 23.1. The second kappa shape index (κ2) is 22.0. The molecule has 4 N–H and O–H groups in total. The van der Waals surface area contributed by atoms with Gasteiger partial charge in [0, 0.05) is 30.2 Å². The number of carbonyl (C=O) groups is 6. The number of nitrogens with one attached hydrogen (secondary N) is 4. The van der Waals surface area contributed by atoms with Crippen molar-refractivity contribution in [3.05, 3.63) is 89.5 Å². The summed E-state index contributed by atoms with van der Waals surface area (Å²) in [6.07, 6.45) is -1.28. The predicted octanol–water partition coefficient (Wildman–Crippen LogP) is 8.19. The summed E-state index contributed by atoms with van der Waals surface area (Å²) in [5, 5.41) is 11.2. The van der Waals surface area contributed by atoms with Crippen molar-refractivity contribution in [1.29, 1.82) is 0 Å². The number of alkyl carbamates (subject to hydrolysis) is 2. The van der Waals surface area contributed by atoms with Gasteiger partial charge >= 0.3 is 18.4 Å². The number of halogens is 3. The van der Waals surface area contributed by atoms with Gasteiger partial charge in [0.2, 0.25) is 23.6 Å². The zero-order valence-corrected chi connectivity index (χ0v) is 38.9. The lowest BCUT2D eigenvalue weighted by atomic mass is 9.97. The van der Waals surface area contributed by atoms with E-state index >= 15 is 0 Å². The average Bonchev–Trinajstić information content (AvgIpc) is 4.13. The summed E-state index contributed by atoms with van der Waals surface area (Å²) in [6, 6.07) is 16.0. The number of ether oxygens (including phenoxy) is 2. The second-order valence-electron chi connectivity index (χ2n) is 17.7. The van der Waals surface area contributed by atoms with Crippen molar-refractivity contribution in [2.75, 3.05) is 42.8 Å². The molecule has 1 unspecified atom stereocenters. The van der Waals surface area contributed by atoms with Crippen LogP contribution in [-0.2, 0) is 34.8 Å². The largest absolute Gasteiger partial charge is 0.453 e. The average molecular weight is 934 g/mol. The van der Waals surface area contributed by atoms with Crippen molar-refractivity contribution in [3.8, 4) is 0 Å². The fourth-order valence-electron chi connectivity index (χ4n) is 9.38. The number of hydrogen-bond acceptors (Lipinski definition) is 9. The third-order valence-corrected chi connectivity index (χ3v) is 13.6. The van der Waals surface area contributed by atoms with E-state index in [0.717, 1.165) is 23.3 Å². The topological polar surface area (TPSA) is 179 Å². The highest BCUT2D eigenvalue weighted by Crippen LogP contribution is 2.48. The van der Waals surface area contributed by atoms with Crippen LogP contribution in [0.25, 0.3) is 0 Å². The normalized spacial score (nSPS) is 21.2. The Labute approximate surface area is 389 Å². The Hall–Kier alpha value is -6.33. The number of rotatable bonds is 15. The molecule has 6 rings (SSSR count). The van der Waals surface area contributed by atoms with Gasteiger partial charge in [0.15, 0.2) is 0 Å². The molecule has 3 saturated heterocycles. The molecule has 0 saturated carbocycles. The lowest BCUT2D eigenvalue weighted by molar-refractivity contribution is -0.139. The van der Waals surface area contributed by atoms with Crippen molar-refractivity contribution >= 4 is 52.9 Å². The second-order valence-corrected chi connectivity index (χ2v) is 17.7. The molecule has 3 aliphatic rings. The van der Waals surface area contributed by atoms with Gasteiger partial charge in [0.05, 0.1) is 31.9 Å². The number of benzene rings is 3. The monoisotopic (exact) mass is 933 g/mol. The van der Waals surface area contributed by atoms with Crippen LogP contribution in [0.3, 0.4) is 0 Å². The van der Waals surface area contributed by atoms with E-state index in [9.17, 15) is 41.9 Å². The van der Waals surface area contributed by atoms with E-state index in [4.69, 9.17) is 9.47 Å². The first-order valence-electron chi connectivity index (χ1n) is 23.1. The van der Waals surface area contributed by atoms with Crippen LogP contribution in [0, 0.1) is 11.8 Å². The van der Waals surface area contributed by atoms with Crippen molar-refractivity contribution in [1.82, 2.24) is 20.4 Å². The number of methoxy groups -OCH3 is 2. The van der Waals surface area contributed by atoms with E-state index in [0.29, 0.717) is 81.5 Å². The highest BCUT2D eigenvalue weighted by atomic mass is 19.4. The zero-order chi connectivity index (χ0) is 48.6. The highest BCUT2D eigenvalue weighted by Gasteiger charge is 2.42. The minimum absolute atomic E-state index is 0.200. The Morgan fingerprint density at radius 2 is 1.00 bits per heavy atom. The van der Waals surface area contributed by atoms with Crippen LogP contribution in [0.2, 0.25) is 0 Å². The maximum absolute atomic E-state index is 13.7. The SMILES string of the molecule is CC[C@H](C)[C@H](NC(=O)OC)C(=O)N1CCCC1C(=O)Nc1ccc([C@H]2CC[C@H](c3ccc(NC(=O)[C@@H]4CCCN4C(=O)[C@@H](NC(=O)OC)[C@@H](C)CC)cc3)N2c2ccc(C(F)(F)F)cc2)cc1. The fraction of sp³-hybridized carbons (Fsp3) is 0.510. The molecule has 0 spiro atoms. The summed E-state index contributed by atoms with van der Waals surface area (Å²) in [6.45, 7) is 8.26. The molecular formula is C49H62F3N7O8. The van der Waals surface area contributed by atoms with Gasteiger partial charge in [-0.2, -0.15) is 13.2 Å². The summed E-state index contributed by atoms with van der Waals surface area (Å²) >= 11 is 0. The molecule has 0 radical (unpaired) electrons. The van der Waals surface area contributed by atoms with Gasteiger partial charge < -0.3 is 45.4 Å². The molecule has 362 valence electrons. The van der Waals surface area contributed by atoms with Crippen molar-refractivity contribution < 1.29 is 51.4 Å². The molecule has 0 bridgehead atoms. The lowest BCUT2D eigenvalue weighted by Crippen LogP contribution is -2.54. The zero-order valence-electron chi connectivity index (χ0n) is 38.9. The van der Waals surface area contributed by atoms with Gasteiger partial charge in [-0.1, -0.05) is 64.8 Å². The molecule has 18 heteroatoms. The minimum Gasteiger partial charge on any atom is -0.453 e. The van der Waals surface area contributed by atoms with E-state index in [-0.39, 0.29) is 47.5 Å². The van der Waals surface area contributed by atoms with Crippen molar-refractivity contribution in [2.45, 2.75) is 121 Å². The number of alkyl halides is 3. The number of nitrogens with zero attached hydrogens (tertiary/aromatic N) is 3. The fourth-order valence-corrected chi connectivity index (χ4v) is 9.38. The van der Waals surface area contributed by atoms with Gasteiger partial charge in [-0.3, -0.25) is 19.2 Å². The van der Waals surface area contributed by atoms with E-state index in [1.165, 1.54) is 36.2 Å². The van der Waals surface area contributed by atoms with Crippen molar-refractivity contribution in [2.24, 2.45) is 11.8 Å². The van der Waals surface area contributed by atoms with E-state index in [2.05, 4.69) is 26.2 Å². The Bertz CT molecular complexity index is 2100. The molecular weight excluding hydrogens is 872 g/mol. The summed E-state index contributed by atoms with van der Waals surface area (Å²) in [4.78, 5) is 84.0. The molecule has 67 heavy (non-hydrogen) atoms. The minimum atomic E-state index is -4.51. The van der Waals surface area contributed by atoms with Gasteiger partial charge in [-0.05, 0) is 110 Å². The summed E-state index contributed by atoms with van der Waals surface area (Å²) in [5.41, 5.74) is 2.58. The Morgan fingerprint density at radius 1 is 0.612 bits per heavy atom. The van der Waals surface area contributed by atoms with Crippen LogP contribution < -0.4 is 26.2 Å². The third-order valence-electron chi connectivity index (χ3n) is 13.6. The smallest absolute Gasteiger partial charge is 0.416 e. The standard InChI is InChI=1S/C49H62F3N7O8/c1-7-29(3)41(55-47(64)66-5)45(62)57-27-9-11-39(57)43(60)53-34-19-13-31(14-20-34)37-25-26-38(59(37)36-23-17-33(18-24-36)49(50,51)52)32-15-21-35(22-16-32)54-44(61)40-12-10-28-58(40)46(63)42(30(4)8-2)56-48(65)67-6/h13-24,29-30,37-42H,7-12,25-28H2,1-6H3,(H,53,60)(H,54,61)(H,55,64)(H,56,65)/t29-,30-,37+,38+,39-,40?,41-,42-/m0/s1. The quantitative estimate of drug-likeness (QED) is 0.117. The number of hydrogen-bond donors (Lipinski definition) is 4. The Kier molecular flexibility index (Phi) is 16.4. The van der Waals surface area contributed by atoms with Crippen LogP contribution >= 0.6 is 0 Å². The van der Waals surface area contributed by atoms with E-state index in [1.54, 1.807) is 24.3 Å². The summed E-state index contributed by atoms with van der Waals surface area (Å²) in [7, 11) is 2.45. The van der Waals surface area contributed by atoms with Gasteiger partial charge in [0.25, 0.3) is 0 Å². The van der Waals surface area contributed by atoms with Crippen LogP contribution in [-0.4, -0.2) is 97.1 Å². The molecule has 0 aromatic heterocycles. The number of amides is 6. The van der Waals surface area contributed by atoms with Gasteiger partial charge in [-0.15, -0.1) is 0 Å². The Balaban J connectivity index is 1.17. The molecule has 3 fully saturated rings. The molecule has 3 aromatic rings. The predicted molar refractivity (Wildman–Crippen MR) is 246 cm³/mol. The van der Waals surface area contributed by atoms with Gasteiger partial charge in [0.1, 0.15) is 24.2 Å². The van der Waals surface area contributed by atoms with E-state index in [1.807, 2.05) is 52.0 Å². The molecule has 0 aliphatic carbocycles. The van der Waals surface area contributed by atoms with E-state index < -0.39 is 48.1 Å². The number of likely N-dealkylation sites (tertiary alicyclic amines) is 2. The van der Waals surface area contributed by atoms with Crippen LogP contribution in [0.1, 0.15) is 108 Å². The molecule has 3 aromatic carbocycles. The van der Waals surface area contributed by atoms with Crippen LogP contribution in [0.4, 0.5) is 39.8 Å². The molecule has 8 atom stereocenters. The molecule has 6 amide bonds. The Morgan fingerprint density at radius 3 is 1.34 bits per heavy atom. The lowest BCUT2D eigenvalue weighted by Gasteiger charge is -2.34. The molecule has 3 aliphatic heterocycles. The molecule has 3 heterocycles. The van der Waals surface area contributed by atoms with Gasteiger partial charge in [-0.25, -0.2) is 9.59 Å². The summed E-state index contributed by atoms with van der Waals surface area (Å²) < 4.78 is 50.6. The number of anilines is 3. The first-order chi connectivity index (χ1) is 32.0. The maximum atomic E-state index is 13.7. The maximum Gasteiger partial charge on any atom is 0.416 e. The first kappa shape index (κ1) is 50.1. The highest BCUT2D eigenvalue weighted by molar-refractivity contribution is 5.99. The molecule has 15 nitrogen and oxygen atoms in total. The van der Waals surface area contributed by atoms with Crippen LogP contribution in [0.15, 0.2) is 72.8 Å². The summed E-state index contributed by atoms with van der Waals surface area (Å²) in [5.74, 6) is -1.81. The van der Waals surface area contributed by atoms with Crippen molar-refractivity contribution in [3.63, 3.8) is 0 Å². The van der Waals surface area contributed by atoms with Crippen LogP contribution in [0.5, 0.6) is 0 Å². The number of carbonyl (C=O) groups excluding carboxylic acids is 6.